The Kier molecular flexibility index (Phi) is 5.91. The summed E-state index contributed by atoms with van der Waals surface area (Å²) in [7, 11) is 0. The van der Waals surface area contributed by atoms with Crippen molar-refractivity contribution in [1.29, 1.82) is 0 Å². The van der Waals surface area contributed by atoms with E-state index in [1.807, 2.05) is 30.3 Å². The van der Waals surface area contributed by atoms with Crippen molar-refractivity contribution >= 4 is 23.6 Å². The number of nitrogens with zero attached hydrogens (tertiary/aromatic N) is 2. The van der Waals surface area contributed by atoms with Crippen LogP contribution in [0, 0.1) is 0 Å². The molecule has 3 aromatic carbocycles. The van der Waals surface area contributed by atoms with Gasteiger partial charge in [-0.2, -0.15) is 0 Å². The first kappa shape index (κ1) is 19.0. The van der Waals surface area contributed by atoms with Crippen LogP contribution < -0.4 is 9.80 Å². The van der Waals surface area contributed by atoms with E-state index in [0.717, 1.165) is 11.1 Å². The molecule has 0 aliphatic carbocycles. The molecule has 6 nitrogen and oxygen atoms in total. The van der Waals surface area contributed by atoms with Crippen LogP contribution in [0.25, 0.3) is 0 Å². The van der Waals surface area contributed by atoms with Gasteiger partial charge in [-0.3, -0.25) is 9.80 Å². The molecule has 2 amide bonds. The van der Waals surface area contributed by atoms with Gasteiger partial charge in [0.1, 0.15) is 0 Å². The number of carbonyl (C=O) groups is 2. The van der Waals surface area contributed by atoms with Crippen molar-refractivity contribution in [3.05, 3.63) is 96.1 Å². The monoisotopic (exact) mass is 376 g/mol. The summed E-state index contributed by atoms with van der Waals surface area (Å²) in [6.45, 7) is 0.344. The van der Waals surface area contributed by atoms with Crippen LogP contribution >= 0.6 is 0 Å². The Morgan fingerprint density at radius 3 is 1.36 bits per heavy atom. The summed E-state index contributed by atoms with van der Waals surface area (Å²) in [6.07, 6.45) is -2.10. The average Bonchev–Trinajstić information content (AvgIpc) is 2.71. The summed E-state index contributed by atoms with van der Waals surface area (Å²) in [4.78, 5) is 25.9. The minimum absolute atomic E-state index is 0.172. The average molecular weight is 376 g/mol. The predicted molar refractivity (Wildman–Crippen MR) is 108 cm³/mol. The topological polar surface area (TPSA) is 81.1 Å². The summed E-state index contributed by atoms with van der Waals surface area (Å²) in [5.74, 6) is 0. The van der Waals surface area contributed by atoms with Crippen molar-refractivity contribution in [3.63, 3.8) is 0 Å². The van der Waals surface area contributed by atoms with Gasteiger partial charge in [0.25, 0.3) is 0 Å². The molecule has 0 bridgehead atoms. The SMILES string of the molecule is O=C(O)N(Cc1cccc(CN(C(=O)O)c2ccccc2)c1)c1ccccc1. The fourth-order valence-electron chi connectivity index (χ4n) is 2.95. The maximum absolute atomic E-state index is 11.7. The highest BCUT2D eigenvalue weighted by Gasteiger charge is 2.17. The van der Waals surface area contributed by atoms with Gasteiger partial charge >= 0.3 is 12.2 Å². The molecule has 0 aliphatic heterocycles. The van der Waals surface area contributed by atoms with E-state index in [-0.39, 0.29) is 13.1 Å². The quantitative estimate of drug-likeness (QED) is 0.630. The van der Waals surface area contributed by atoms with E-state index in [0.29, 0.717) is 11.4 Å². The Morgan fingerprint density at radius 1 is 0.607 bits per heavy atom. The van der Waals surface area contributed by atoms with Crippen LogP contribution in [0.2, 0.25) is 0 Å². The molecule has 142 valence electrons. The predicted octanol–water partition coefficient (Wildman–Crippen LogP) is 5.06. The molecule has 3 aromatic rings. The van der Waals surface area contributed by atoms with Gasteiger partial charge in [0.05, 0.1) is 13.1 Å². The molecule has 2 N–H and O–H groups in total. The van der Waals surface area contributed by atoms with Crippen molar-refractivity contribution in [2.45, 2.75) is 13.1 Å². The highest BCUT2D eigenvalue weighted by molar-refractivity contribution is 5.86. The molecular formula is C22H20N2O4. The Hall–Kier alpha value is -3.80. The van der Waals surface area contributed by atoms with Gasteiger partial charge < -0.3 is 10.2 Å². The zero-order valence-electron chi connectivity index (χ0n) is 15.1. The number of hydrogen-bond acceptors (Lipinski definition) is 2. The van der Waals surface area contributed by atoms with E-state index >= 15 is 0 Å². The van der Waals surface area contributed by atoms with E-state index in [2.05, 4.69) is 0 Å². The second-order valence-electron chi connectivity index (χ2n) is 6.23. The zero-order valence-corrected chi connectivity index (χ0v) is 15.1. The van der Waals surface area contributed by atoms with E-state index in [1.54, 1.807) is 54.6 Å². The summed E-state index contributed by atoms with van der Waals surface area (Å²) >= 11 is 0. The van der Waals surface area contributed by atoms with Crippen molar-refractivity contribution in [2.24, 2.45) is 0 Å². The zero-order chi connectivity index (χ0) is 19.9. The molecule has 0 aliphatic rings. The normalized spacial score (nSPS) is 10.3. The van der Waals surface area contributed by atoms with E-state index in [9.17, 15) is 19.8 Å². The van der Waals surface area contributed by atoms with Gasteiger partial charge in [-0.25, -0.2) is 9.59 Å². The van der Waals surface area contributed by atoms with Gasteiger partial charge in [0.2, 0.25) is 0 Å². The third-order valence-corrected chi connectivity index (χ3v) is 4.27. The molecular weight excluding hydrogens is 356 g/mol. The van der Waals surface area contributed by atoms with Crippen LogP contribution in [0.5, 0.6) is 0 Å². The maximum atomic E-state index is 11.7. The van der Waals surface area contributed by atoms with E-state index in [1.165, 1.54) is 9.80 Å². The van der Waals surface area contributed by atoms with Crippen LogP contribution in [0.1, 0.15) is 11.1 Å². The molecule has 6 heteroatoms. The van der Waals surface area contributed by atoms with Crippen LogP contribution in [-0.4, -0.2) is 22.4 Å². The highest BCUT2D eigenvalue weighted by Crippen LogP contribution is 2.20. The van der Waals surface area contributed by atoms with Gasteiger partial charge in [0.15, 0.2) is 0 Å². The summed E-state index contributed by atoms with van der Waals surface area (Å²) in [5.41, 5.74) is 2.72. The lowest BCUT2D eigenvalue weighted by atomic mass is 10.1. The molecule has 3 rings (SSSR count). The molecule has 0 fully saturated rings. The smallest absolute Gasteiger partial charge is 0.412 e. The lowest BCUT2D eigenvalue weighted by molar-refractivity contribution is 0.200. The Labute approximate surface area is 162 Å². The summed E-state index contributed by atoms with van der Waals surface area (Å²) in [5, 5.41) is 19.1. The van der Waals surface area contributed by atoms with Crippen LogP contribution in [0.3, 0.4) is 0 Å². The van der Waals surface area contributed by atoms with Crippen LogP contribution in [0.4, 0.5) is 21.0 Å². The molecule has 0 saturated carbocycles. The van der Waals surface area contributed by atoms with E-state index < -0.39 is 12.2 Å². The molecule has 0 spiro atoms. The van der Waals surface area contributed by atoms with Crippen molar-refractivity contribution < 1.29 is 19.8 Å². The lowest BCUT2D eigenvalue weighted by Crippen LogP contribution is -2.29. The second-order valence-corrected chi connectivity index (χ2v) is 6.23. The standard InChI is InChI=1S/C22H20N2O4/c25-21(26)23(19-10-3-1-4-11-19)15-17-8-7-9-18(14-17)16-24(22(27)28)20-12-5-2-6-13-20/h1-14H,15-16H2,(H,25,26)(H,27,28). The van der Waals surface area contributed by atoms with Crippen molar-refractivity contribution in [1.82, 2.24) is 0 Å². The van der Waals surface area contributed by atoms with Gasteiger partial charge in [-0.05, 0) is 35.4 Å². The van der Waals surface area contributed by atoms with Crippen molar-refractivity contribution in [2.75, 3.05) is 9.80 Å². The molecule has 0 radical (unpaired) electrons. The molecule has 0 aromatic heterocycles. The number of hydrogen-bond donors (Lipinski definition) is 2. The number of amides is 2. The third kappa shape index (κ3) is 4.67. The lowest BCUT2D eigenvalue weighted by Gasteiger charge is -2.21. The summed E-state index contributed by atoms with van der Waals surface area (Å²) in [6, 6.07) is 25.0. The molecule has 0 saturated heterocycles. The molecule has 0 heterocycles. The number of anilines is 2. The largest absolute Gasteiger partial charge is 0.465 e. The highest BCUT2D eigenvalue weighted by atomic mass is 16.4. The number of rotatable bonds is 6. The van der Waals surface area contributed by atoms with Gasteiger partial charge in [-0.1, -0.05) is 60.7 Å². The first-order valence-electron chi connectivity index (χ1n) is 8.73. The Balaban J connectivity index is 1.81. The Bertz CT molecular complexity index is 870. The van der Waals surface area contributed by atoms with Crippen LogP contribution in [-0.2, 0) is 13.1 Å². The molecule has 28 heavy (non-hydrogen) atoms. The molecule has 0 atom stereocenters. The van der Waals surface area contributed by atoms with E-state index in [4.69, 9.17) is 0 Å². The fraction of sp³-hybridized carbons (Fsp3) is 0.0909. The Morgan fingerprint density at radius 2 is 1.00 bits per heavy atom. The molecule has 0 unspecified atom stereocenters. The number of para-hydroxylation sites is 2. The van der Waals surface area contributed by atoms with Crippen LogP contribution in [0.15, 0.2) is 84.9 Å². The summed E-state index contributed by atoms with van der Waals surface area (Å²) < 4.78 is 0. The first-order valence-corrected chi connectivity index (χ1v) is 8.73. The first-order chi connectivity index (χ1) is 13.5. The third-order valence-electron chi connectivity index (χ3n) is 4.27. The minimum atomic E-state index is -1.05. The van der Waals surface area contributed by atoms with Gasteiger partial charge in [0, 0.05) is 11.4 Å². The van der Waals surface area contributed by atoms with Crippen molar-refractivity contribution in [3.8, 4) is 0 Å². The minimum Gasteiger partial charge on any atom is -0.465 e. The fourth-order valence-corrected chi connectivity index (χ4v) is 2.95. The maximum Gasteiger partial charge on any atom is 0.412 e. The number of carboxylic acid groups (broad SMARTS) is 2. The number of benzene rings is 3. The van der Waals surface area contributed by atoms with Gasteiger partial charge in [-0.15, -0.1) is 0 Å². The second kappa shape index (κ2) is 8.73.